The summed E-state index contributed by atoms with van der Waals surface area (Å²) in [6.07, 6.45) is -1.11. The molecule has 0 bridgehead atoms. The van der Waals surface area contributed by atoms with Crippen LogP contribution in [0.4, 0.5) is 40.7 Å². The normalized spacial score (nSPS) is 13.9. The predicted octanol–water partition coefficient (Wildman–Crippen LogP) is 7.17. The number of nitrogens with two attached hydrogens (primary N) is 1. The average molecular weight is 572 g/mol. The van der Waals surface area contributed by atoms with E-state index in [2.05, 4.69) is 20.9 Å². The molecule has 0 saturated heterocycles. The third-order valence-corrected chi connectivity index (χ3v) is 6.72. The Morgan fingerprint density at radius 2 is 1.68 bits per heavy atom. The van der Waals surface area contributed by atoms with Gasteiger partial charge in [0.15, 0.2) is 11.5 Å². The van der Waals surface area contributed by atoms with Crippen LogP contribution in [-0.4, -0.2) is 30.3 Å². The molecule has 1 saturated carbocycles. The lowest BCUT2D eigenvalue weighted by Gasteiger charge is -2.16. The molecule has 0 atom stereocenters. The average Bonchev–Trinajstić information content (AvgIpc) is 3.66. The molecule has 2 amide bonds. The predicted molar refractivity (Wildman–Crippen MR) is 149 cm³/mol. The second-order valence-corrected chi connectivity index (χ2v) is 9.91. The molecule has 0 radical (unpaired) electrons. The van der Waals surface area contributed by atoms with Gasteiger partial charge in [0.05, 0.1) is 28.8 Å². The lowest BCUT2D eigenvalue weighted by atomic mass is 10.1. The maximum atomic E-state index is 13.1. The van der Waals surface area contributed by atoms with E-state index in [0.29, 0.717) is 29.3 Å². The zero-order valence-electron chi connectivity index (χ0n) is 21.2. The van der Waals surface area contributed by atoms with Crippen LogP contribution < -0.4 is 31.2 Å². The SMILES string of the molecule is COc1cc2c(Nc3ccc(NC(=O)Nc4ccc(Cl)c(C(F)(F)F)c4)cc3)ccnc2cc1OCC1(N)CC1. The van der Waals surface area contributed by atoms with E-state index in [1.165, 1.54) is 6.07 Å². The number of aromatic nitrogens is 1. The number of carbonyl (C=O) groups is 1. The largest absolute Gasteiger partial charge is 0.493 e. The highest BCUT2D eigenvalue weighted by Gasteiger charge is 2.39. The van der Waals surface area contributed by atoms with E-state index in [4.69, 9.17) is 26.8 Å². The van der Waals surface area contributed by atoms with Crippen molar-refractivity contribution in [2.75, 3.05) is 29.7 Å². The summed E-state index contributed by atoms with van der Waals surface area (Å²) in [4.78, 5) is 16.8. The topological polar surface area (TPSA) is 111 Å². The maximum absolute atomic E-state index is 13.1. The number of amides is 2. The Bertz CT molecular complexity index is 1560. The number of methoxy groups -OCH3 is 1. The minimum absolute atomic E-state index is 0.0452. The molecule has 8 nitrogen and oxygen atoms in total. The number of urea groups is 1. The van der Waals surface area contributed by atoms with Gasteiger partial charge in [-0.3, -0.25) is 4.98 Å². The first-order chi connectivity index (χ1) is 19.0. The molecule has 0 spiro atoms. The van der Waals surface area contributed by atoms with Gasteiger partial charge in [0.25, 0.3) is 0 Å². The smallest absolute Gasteiger partial charge is 0.417 e. The lowest BCUT2D eigenvalue weighted by Crippen LogP contribution is -2.29. The Hall–Kier alpha value is -4.22. The van der Waals surface area contributed by atoms with Gasteiger partial charge in [0.2, 0.25) is 0 Å². The van der Waals surface area contributed by atoms with E-state index in [-0.39, 0.29) is 11.2 Å². The molecule has 208 valence electrons. The molecule has 0 unspecified atom stereocenters. The molecule has 5 N–H and O–H groups in total. The van der Waals surface area contributed by atoms with E-state index < -0.39 is 22.8 Å². The zero-order valence-corrected chi connectivity index (χ0v) is 22.0. The fourth-order valence-electron chi connectivity index (χ4n) is 3.97. The molecule has 1 heterocycles. The number of fused-ring (bicyclic) bond motifs is 1. The molecule has 0 aliphatic heterocycles. The Labute approximate surface area is 232 Å². The molecule has 3 aromatic carbocycles. The third kappa shape index (κ3) is 6.32. The first kappa shape index (κ1) is 27.4. The number of pyridine rings is 1. The summed E-state index contributed by atoms with van der Waals surface area (Å²) in [5.74, 6) is 1.12. The van der Waals surface area contributed by atoms with Crippen molar-refractivity contribution in [1.82, 2.24) is 4.98 Å². The fraction of sp³-hybridized carbons (Fsp3) is 0.214. The van der Waals surface area contributed by atoms with Gasteiger partial charge in [-0.25, -0.2) is 4.79 Å². The molecular weight excluding hydrogens is 547 g/mol. The number of hydrogen-bond acceptors (Lipinski definition) is 6. The van der Waals surface area contributed by atoms with E-state index in [0.717, 1.165) is 41.7 Å². The molecule has 1 aromatic heterocycles. The number of benzene rings is 3. The standard InChI is InChI=1S/C28H25ClF3N5O3/c1-39-24-13-19-22(8-11-34-23(19)14-25(24)40-15-27(33)9-10-27)35-16-2-4-17(5-3-16)36-26(38)37-18-6-7-21(29)20(12-18)28(30,31)32/h2-8,11-14H,9-10,15,33H2,1H3,(H,34,35)(H2,36,37,38). The zero-order chi connectivity index (χ0) is 28.5. The van der Waals surface area contributed by atoms with Crippen LogP contribution in [0, 0.1) is 0 Å². The van der Waals surface area contributed by atoms with Gasteiger partial charge < -0.3 is 31.2 Å². The highest BCUT2D eigenvalue weighted by Crippen LogP contribution is 2.39. The number of rotatable bonds is 8. The van der Waals surface area contributed by atoms with Crippen molar-refractivity contribution in [3.8, 4) is 11.5 Å². The van der Waals surface area contributed by atoms with E-state index in [1.54, 1.807) is 37.6 Å². The van der Waals surface area contributed by atoms with E-state index in [1.807, 2.05) is 18.2 Å². The van der Waals surface area contributed by atoms with Crippen LogP contribution in [0.15, 0.2) is 66.9 Å². The number of nitrogens with one attached hydrogen (secondary N) is 3. The number of nitrogens with zero attached hydrogens (tertiary/aromatic N) is 1. The van der Waals surface area contributed by atoms with E-state index in [9.17, 15) is 18.0 Å². The third-order valence-electron chi connectivity index (χ3n) is 6.39. The number of alkyl halides is 3. The van der Waals surface area contributed by atoms with Crippen LogP contribution in [-0.2, 0) is 6.18 Å². The van der Waals surface area contributed by atoms with Crippen molar-refractivity contribution in [2.45, 2.75) is 24.6 Å². The van der Waals surface area contributed by atoms with Gasteiger partial charge in [-0.05, 0) is 67.4 Å². The van der Waals surface area contributed by atoms with Gasteiger partial charge in [0.1, 0.15) is 6.61 Å². The van der Waals surface area contributed by atoms with Crippen LogP contribution in [0.2, 0.25) is 5.02 Å². The minimum atomic E-state index is -4.64. The first-order valence-electron chi connectivity index (χ1n) is 12.2. The van der Waals surface area contributed by atoms with Gasteiger partial charge in [0, 0.05) is 40.4 Å². The maximum Gasteiger partial charge on any atom is 0.417 e. The molecule has 40 heavy (non-hydrogen) atoms. The number of carbonyl (C=O) groups excluding carboxylic acids is 1. The summed E-state index contributed by atoms with van der Waals surface area (Å²) < 4.78 is 50.7. The minimum Gasteiger partial charge on any atom is -0.493 e. The Kier molecular flexibility index (Phi) is 7.35. The monoisotopic (exact) mass is 571 g/mol. The quantitative estimate of drug-likeness (QED) is 0.178. The molecule has 12 heteroatoms. The van der Waals surface area contributed by atoms with Crippen molar-refractivity contribution in [2.24, 2.45) is 5.73 Å². The Morgan fingerprint density at radius 3 is 2.35 bits per heavy atom. The van der Waals surface area contributed by atoms with Gasteiger partial charge in [-0.2, -0.15) is 13.2 Å². The van der Waals surface area contributed by atoms with Crippen molar-refractivity contribution < 1.29 is 27.4 Å². The number of ether oxygens (including phenoxy) is 2. The molecule has 1 aliphatic carbocycles. The van der Waals surface area contributed by atoms with Crippen molar-refractivity contribution in [1.29, 1.82) is 0 Å². The lowest BCUT2D eigenvalue weighted by molar-refractivity contribution is -0.137. The van der Waals surface area contributed by atoms with E-state index >= 15 is 0 Å². The fourth-order valence-corrected chi connectivity index (χ4v) is 4.19. The van der Waals surface area contributed by atoms with Crippen LogP contribution >= 0.6 is 11.6 Å². The molecule has 1 aliphatic rings. The number of hydrogen-bond donors (Lipinski definition) is 4. The summed E-state index contributed by atoms with van der Waals surface area (Å²) in [6.45, 7) is 0.402. The summed E-state index contributed by atoms with van der Waals surface area (Å²) in [5.41, 5.74) is 7.43. The summed E-state index contributed by atoms with van der Waals surface area (Å²) >= 11 is 5.63. The van der Waals surface area contributed by atoms with Crippen LogP contribution in [0.3, 0.4) is 0 Å². The molecular formula is C28H25ClF3N5O3. The van der Waals surface area contributed by atoms with Gasteiger partial charge in [-0.1, -0.05) is 11.6 Å². The number of halogens is 4. The van der Waals surface area contributed by atoms with Crippen LogP contribution in [0.5, 0.6) is 11.5 Å². The summed E-state index contributed by atoms with van der Waals surface area (Å²) in [6, 6.07) is 14.7. The Morgan fingerprint density at radius 1 is 1.00 bits per heavy atom. The second-order valence-electron chi connectivity index (χ2n) is 9.50. The molecule has 1 fully saturated rings. The highest BCUT2D eigenvalue weighted by atomic mass is 35.5. The van der Waals surface area contributed by atoms with Crippen LogP contribution in [0.1, 0.15) is 18.4 Å². The second kappa shape index (κ2) is 10.7. The van der Waals surface area contributed by atoms with Gasteiger partial charge in [-0.15, -0.1) is 0 Å². The molecule has 5 rings (SSSR count). The van der Waals surface area contributed by atoms with Crippen LogP contribution in [0.25, 0.3) is 10.9 Å². The highest BCUT2D eigenvalue weighted by molar-refractivity contribution is 6.31. The van der Waals surface area contributed by atoms with Crippen molar-refractivity contribution in [3.05, 3.63) is 77.4 Å². The first-order valence-corrected chi connectivity index (χ1v) is 12.6. The summed E-state index contributed by atoms with van der Waals surface area (Å²) in [5, 5.41) is 8.66. The van der Waals surface area contributed by atoms with Crippen molar-refractivity contribution in [3.63, 3.8) is 0 Å². The van der Waals surface area contributed by atoms with Crippen molar-refractivity contribution >= 4 is 51.3 Å². The van der Waals surface area contributed by atoms with Gasteiger partial charge >= 0.3 is 12.2 Å². The summed E-state index contributed by atoms with van der Waals surface area (Å²) in [7, 11) is 1.57. The molecule has 4 aromatic rings. The number of anilines is 4. The Balaban J connectivity index is 1.26.